The van der Waals surface area contributed by atoms with Gasteiger partial charge in [0.2, 0.25) is 0 Å². The molecule has 2 aromatic rings. The van der Waals surface area contributed by atoms with Gasteiger partial charge in [0.1, 0.15) is 0 Å². The third kappa shape index (κ3) is 3.17. The first kappa shape index (κ1) is 13.2. The molecule has 0 atom stereocenters. The van der Waals surface area contributed by atoms with Crippen molar-refractivity contribution in [2.45, 2.75) is 19.1 Å². The Balaban J connectivity index is 2.13. The molecule has 0 aliphatic carbocycles. The zero-order valence-electron chi connectivity index (χ0n) is 10.0. The van der Waals surface area contributed by atoms with Crippen LogP contribution in [0.3, 0.4) is 0 Å². The van der Waals surface area contributed by atoms with E-state index in [1.807, 2.05) is 0 Å². The molecule has 0 unspecified atom stereocenters. The van der Waals surface area contributed by atoms with E-state index in [2.05, 4.69) is 17.1 Å². The van der Waals surface area contributed by atoms with Gasteiger partial charge in [-0.1, -0.05) is 23.7 Å². The zero-order valence-corrected chi connectivity index (χ0v) is 11.6. The average molecular weight is 284 g/mol. The summed E-state index contributed by atoms with van der Waals surface area (Å²) in [4.78, 5) is 4.32. The lowest BCUT2D eigenvalue weighted by atomic mass is 10.2. The normalized spacial score (nSPS) is 10.8. The van der Waals surface area contributed by atoms with Crippen LogP contribution in [0.15, 0.2) is 22.7 Å². The van der Waals surface area contributed by atoms with E-state index in [9.17, 15) is 0 Å². The number of thioether (sulfide) groups is 1. The predicted octanol–water partition coefficient (Wildman–Crippen LogP) is 3.62. The quantitative estimate of drug-likeness (QED) is 0.671. The summed E-state index contributed by atoms with van der Waals surface area (Å²) in [5.74, 6) is 2.97. The van der Waals surface area contributed by atoms with E-state index in [-0.39, 0.29) is 0 Å². The molecule has 18 heavy (non-hydrogen) atoms. The van der Waals surface area contributed by atoms with Crippen molar-refractivity contribution < 1.29 is 4.52 Å². The van der Waals surface area contributed by atoms with Gasteiger partial charge in [0.05, 0.1) is 16.3 Å². The first-order valence-corrected chi connectivity index (χ1v) is 7.19. The molecular weight excluding hydrogens is 270 g/mol. The van der Waals surface area contributed by atoms with Crippen LogP contribution in [0.25, 0.3) is 11.5 Å². The summed E-state index contributed by atoms with van der Waals surface area (Å²) in [6, 6.07) is 5.22. The molecule has 6 heteroatoms. The lowest BCUT2D eigenvalue weighted by molar-refractivity contribution is 0.425. The first-order chi connectivity index (χ1) is 8.70. The molecule has 0 amide bonds. The summed E-state index contributed by atoms with van der Waals surface area (Å²) in [6.45, 7) is 2.14. The Kier molecular flexibility index (Phi) is 4.49. The van der Waals surface area contributed by atoms with Crippen LogP contribution < -0.4 is 5.73 Å². The molecule has 0 saturated heterocycles. The molecule has 1 aromatic carbocycles. The number of nitrogens with two attached hydrogens (primary N) is 1. The summed E-state index contributed by atoms with van der Waals surface area (Å²) >= 11 is 7.87. The maximum absolute atomic E-state index is 6.09. The highest BCUT2D eigenvalue weighted by Gasteiger charge is 2.12. The number of nitrogens with zero attached hydrogens (tertiary/aromatic N) is 2. The highest BCUT2D eigenvalue weighted by Crippen LogP contribution is 2.28. The number of rotatable bonds is 5. The Morgan fingerprint density at radius 2 is 2.28 bits per heavy atom. The van der Waals surface area contributed by atoms with Crippen LogP contribution in [-0.2, 0) is 5.75 Å². The van der Waals surface area contributed by atoms with Gasteiger partial charge >= 0.3 is 0 Å². The van der Waals surface area contributed by atoms with Crippen molar-refractivity contribution in [2.24, 2.45) is 0 Å². The monoisotopic (exact) mass is 283 g/mol. The van der Waals surface area contributed by atoms with Crippen LogP contribution in [0.1, 0.15) is 19.2 Å². The summed E-state index contributed by atoms with van der Waals surface area (Å²) in [6.07, 6.45) is 1.14. The van der Waals surface area contributed by atoms with Crippen molar-refractivity contribution in [1.82, 2.24) is 10.1 Å². The molecule has 1 heterocycles. The molecular formula is C12H14ClN3OS. The van der Waals surface area contributed by atoms with Crippen molar-refractivity contribution >= 4 is 29.1 Å². The molecule has 0 aliphatic rings. The van der Waals surface area contributed by atoms with Crippen LogP contribution in [0, 0.1) is 0 Å². The Labute approximate surface area is 115 Å². The van der Waals surface area contributed by atoms with E-state index in [0.717, 1.165) is 17.9 Å². The Morgan fingerprint density at radius 1 is 1.44 bits per heavy atom. The maximum Gasteiger partial charge on any atom is 0.259 e. The minimum absolute atomic E-state index is 0.437. The van der Waals surface area contributed by atoms with E-state index < -0.39 is 0 Å². The van der Waals surface area contributed by atoms with Gasteiger partial charge in [-0.3, -0.25) is 0 Å². The fourth-order valence-corrected chi connectivity index (χ4v) is 2.44. The van der Waals surface area contributed by atoms with Gasteiger partial charge in [-0.15, -0.1) is 0 Å². The van der Waals surface area contributed by atoms with Gasteiger partial charge in [-0.05, 0) is 30.4 Å². The molecule has 0 fully saturated rings. The van der Waals surface area contributed by atoms with Gasteiger partial charge in [-0.2, -0.15) is 16.7 Å². The van der Waals surface area contributed by atoms with Gasteiger partial charge < -0.3 is 10.3 Å². The second kappa shape index (κ2) is 6.11. The van der Waals surface area contributed by atoms with Crippen LogP contribution in [-0.4, -0.2) is 15.9 Å². The van der Waals surface area contributed by atoms with E-state index >= 15 is 0 Å². The zero-order chi connectivity index (χ0) is 13.0. The Morgan fingerprint density at radius 3 is 3.00 bits per heavy atom. The highest BCUT2D eigenvalue weighted by atomic mass is 35.5. The highest BCUT2D eigenvalue weighted by molar-refractivity contribution is 7.98. The number of aromatic nitrogens is 2. The first-order valence-electron chi connectivity index (χ1n) is 5.66. The third-order valence-electron chi connectivity index (χ3n) is 2.27. The van der Waals surface area contributed by atoms with Gasteiger partial charge in [0.25, 0.3) is 5.89 Å². The topological polar surface area (TPSA) is 64.9 Å². The number of hydrogen-bond acceptors (Lipinski definition) is 5. The molecule has 2 rings (SSSR count). The second-order valence-electron chi connectivity index (χ2n) is 3.81. The van der Waals surface area contributed by atoms with Crippen molar-refractivity contribution in [1.29, 1.82) is 0 Å². The van der Waals surface area contributed by atoms with Crippen LogP contribution in [0.5, 0.6) is 0 Å². The Hall–Kier alpha value is -1.20. The summed E-state index contributed by atoms with van der Waals surface area (Å²) < 4.78 is 5.20. The van der Waals surface area contributed by atoms with Crippen molar-refractivity contribution in [3.63, 3.8) is 0 Å². The van der Waals surface area contributed by atoms with E-state index in [4.69, 9.17) is 21.9 Å². The summed E-state index contributed by atoms with van der Waals surface area (Å²) in [7, 11) is 0. The van der Waals surface area contributed by atoms with Crippen LogP contribution >= 0.6 is 23.4 Å². The molecule has 0 aliphatic heterocycles. The van der Waals surface area contributed by atoms with E-state index in [1.54, 1.807) is 30.0 Å². The molecule has 4 nitrogen and oxygen atoms in total. The lowest BCUT2D eigenvalue weighted by Crippen LogP contribution is -1.87. The number of benzene rings is 1. The summed E-state index contributed by atoms with van der Waals surface area (Å²) in [5, 5.41) is 4.45. The number of halogens is 1. The van der Waals surface area contributed by atoms with Crippen LogP contribution in [0.2, 0.25) is 5.02 Å². The van der Waals surface area contributed by atoms with Crippen molar-refractivity contribution in [3.05, 3.63) is 29.0 Å². The molecule has 0 spiro atoms. The standard InChI is InChI=1S/C12H14ClN3OS/c1-2-5-18-7-11-15-12(17-16-11)9-4-3-8(14)6-10(9)13/h3-4,6H,2,5,7,14H2,1H3. The molecule has 96 valence electrons. The smallest absolute Gasteiger partial charge is 0.259 e. The number of anilines is 1. The van der Waals surface area contributed by atoms with Crippen LogP contribution in [0.4, 0.5) is 5.69 Å². The number of nitrogen functional groups attached to an aromatic ring is 1. The predicted molar refractivity (Wildman–Crippen MR) is 75.6 cm³/mol. The Bertz CT molecular complexity index is 530. The van der Waals surface area contributed by atoms with Crippen molar-refractivity contribution in [3.8, 4) is 11.5 Å². The second-order valence-corrected chi connectivity index (χ2v) is 5.32. The molecule has 0 radical (unpaired) electrons. The molecule has 1 aromatic heterocycles. The minimum atomic E-state index is 0.437. The average Bonchev–Trinajstić information content (AvgIpc) is 2.78. The fourth-order valence-electron chi connectivity index (χ4n) is 1.43. The lowest BCUT2D eigenvalue weighted by Gasteiger charge is -1.99. The summed E-state index contributed by atoms with van der Waals surface area (Å²) in [5.41, 5.74) is 6.96. The SMILES string of the molecule is CCCSCc1noc(-c2ccc(N)cc2Cl)n1. The van der Waals surface area contributed by atoms with Gasteiger partial charge in [-0.25, -0.2) is 0 Å². The third-order valence-corrected chi connectivity index (χ3v) is 3.74. The molecule has 0 saturated carbocycles. The van der Waals surface area contributed by atoms with Gasteiger partial charge in [0.15, 0.2) is 5.82 Å². The van der Waals surface area contributed by atoms with E-state index in [0.29, 0.717) is 28.0 Å². The largest absolute Gasteiger partial charge is 0.399 e. The number of hydrogen-bond donors (Lipinski definition) is 1. The fraction of sp³-hybridized carbons (Fsp3) is 0.333. The molecule has 0 bridgehead atoms. The van der Waals surface area contributed by atoms with Crippen molar-refractivity contribution in [2.75, 3.05) is 11.5 Å². The minimum Gasteiger partial charge on any atom is -0.399 e. The maximum atomic E-state index is 6.09. The van der Waals surface area contributed by atoms with E-state index in [1.165, 1.54) is 0 Å². The molecule has 2 N–H and O–H groups in total. The van der Waals surface area contributed by atoms with Gasteiger partial charge in [0, 0.05) is 5.69 Å².